The number of anilines is 1. The Labute approximate surface area is 147 Å². The van der Waals surface area contributed by atoms with Gasteiger partial charge in [-0.1, -0.05) is 18.2 Å². The summed E-state index contributed by atoms with van der Waals surface area (Å²) in [6.45, 7) is 4.00. The Morgan fingerprint density at radius 1 is 1.20 bits per heavy atom. The number of nitrogens with one attached hydrogen (secondary N) is 1. The van der Waals surface area contributed by atoms with Crippen LogP contribution in [0, 0.1) is 0 Å². The highest BCUT2D eigenvalue weighted by Gasteiger charge is 2.36. The van der Waals surface area contributed by atoms with Crippen LogP contribution >= 0.6 is 0 Å². The summed E-state index contributed by atoms with van der Waals surface area (Å²) in [7, 11) is 0. The SMILES string of the molecule is C[C@@H]1CC(NC(=O)C2=NN(c3ccccc3)[C@@H](C(N)=O)C2)C[C@H](C)O1. The van der Waals surface area contributed by atoms with Gasteiger partial charge in [-0.05, 0) is 38.8 Å². The van der Waals surface area contributed by atoms with Gasteiger partial charge in [-0.2, -0.15) is 5.10 Å². The van der Waals surface area contributed by atoms with Gasteiger partial charge in [-0.15, -0.1) is 0 Å². The molecular formula is C18H24N4O3. The van der Waals surface area contributed by atoms with Crippen LogP contribution in [-0.4, -0.2) is 41.8 Å². The van der Waals surface area contributed by atoms with Gasteiger partial charge in [0, 0.05) is 12.5 Å². The van der Waals surface area contributed by atoms with Crippen molar-refractivity contribution in [3.63, 3.8) is 0 Å². The molecule has 25 heavy (non-hydrogen) atoms. The van der Waals surface area contributed by atoms with Crippen molar-refractivity contribution in [2.45, 2.75) is 57.4 Å². The highest BCUT2D eigenvalue weighted by Crippen LogP contribution is 2.25. The maximum absolute atomic E-state index is 12.6. The lowest BCUT2D eigenvalue weighted by atomic mass is 9.99. The Kier molecular flexibility index (Phi) is 5.03. The Morgan fingerprint density at radius 2 is 1.84 bits per heavy atom. The molecule has 0 spiro atoms. The molecule has 0 radical (unpaired) electrons. The Morgan fingerprint density at radius 3 is 2.44 bits per heavy atom. The van der Waals surface area contributed by atoms with Crippen molar-refractivity contribution < 1.29 is 14.3 Å². The molecule has 1 aromatic carbocycles. The van der Waals surface area contributed by atoms with E-state index in [1.807, 2.05) is 44.2 Å². The van der Waals surface area contributed by atoms with E-state index in [1.54, 1.807) is 0 Å². The van der Waals surface area contributed by atoms with Crippen LogP contribution in [0.3, 0.4) is 0 Å². The number of hydrogen-bond acceptors (Lipinski definition) is 5. The number of nitrogens with zero attached hydrogens (tertiary/aromatic N) is 2. The second-order valence-corrected chi connectivity index (χ2v) is 6.75. The predicted molar refractivity (Wildman–Crippen MR) is 95.1 cm³/mol. The first kappa shape index (κ1) is 17.4. The number of benzene rings is 1. The first-order valence-corrected chi connectivity index (χ1v) is 8.61. The molecule has 0 aliphatic carbocycles. The zero-order valence-electron chi connectivity index (χ0n) is 14.5. The van der Waals surface area contributed by atoms with Crippen molar-refractivity contribution in [1.82, 2.24) is 5.32 Å². The maximum atomic E-state index is 12.6. The second-order valence-electron chi connectivity index (χ2n) is 6.75. The Balaban J connectivity index is 1.73. The van der Waals surface area contributed by atoms with E-state index in [0.29, 0.717) is 5.71 Å². The van der Waals surface area contributed by atoms with Crippen molar-refractivity contribution in [1.29, 1.82) is 0 Å². The summed E-state index contributed by atoms with van der Waals surface area (Å²) in [5.41, 5.74) is 6.58. The van der Waals surface area contributed by atoms with Gasteiger partial charge in [0.2, 0.25) is 5.91 Å². The number of carbonyl (C=O) groups excluding carboxylic acids is 2. The highest BCUT2D eigenvalue weighted by molar-refractivity contribution is 6.40. The molecule has 1 unspecified atom stereocenters. The van der Waals surface area contributed by atoms with Gasteiger partial charge >= 0.3 is 0 Å². The van der Waals surface area contributed by atoms with E-state index in [4.69, 9.17) is 10.5 Å². The van der Waals surface area contributed by atoms with Crippen LogP contribution in [0.15, 0.2) is 35.4 Å². The van der Waals surface area contributed by atoms with Crippen LogP contribution in [-0.2, 0) is 14.3 Å². The molecule has 0 aromatic heterocycles. The fourth-order valence-corrected chi connectivity index (χ4v) is 3.48. The van der Waals surface area contributed by atoms with Gasteiger partial charge in [0.25, 0.3) is 5.91 Å². The topological polar surface area (TPSA) is 97.0 Å². The van der Waals surface area contributed by atoms with E-state index in [-0.39, 0.29) is 30.6 Å². The second kappa shape index (κ2) is 7.23. The highest BCUT2D eigenvalue weighted by atomic mass is 16.5. The van der Waals surface area contributed by atoms with Crippen molar-refractivity contribution in [2.24, 2.45) is 10.8 Å². The Bertz CT molecular complexity index is 666. The summed E-state index contributed by atoms with van der Waals surface area (Å²) in [4.78, 5) is 24.4. The lowest BCUT2D eigenvalue weighted by Gasteiger charge is -2.32. The molecule has 2 aliphatic heterocycles. The standard InChI is InChI=1S/C18H24N4O3/c1-11-8-13(9-12(2)25-11)20-18(24)15-10-16(17(19)23)22(21-15)14-6-4-3-5-7-14/h3-7,11-13,16H,8-10H2,1-2H3,(H2,19,23)(H,20,24)/t11-,12+,13?,16-/m1/s1. The van der Waals surface area contributed by atoms with Crippen molar-refractivity contribution in [3.8, 4) is 0 Å². The minimum Gasteiger partial charge on any atom is -0.375 e. The number of nitrogens with two attached hydrogens (primary N) is 1. The number of hydrazone groups is 1. The van der Waals surface area contributed by atoms with Crippen LogP contribution in [0.2, 0.25) is 0 Å². The number of para-hydroxylation sites is 1. The average molecular weight is 344 g/mol. The predicted octanol–water partition coefficient (Wildman–Crippen LogP) is 1.18. The largest absolute Gasteiger partial charge is 0.375 e. The summed E-state index contributed by atoms with van der Waals surface area (Å²) < 4.78 is 5.70. The van der Waals surface area contributed by atoms with E-state index < -0.39 is 11.9 Å². The molecule has 4 atom stereocenters. The first-order valence-electron chi connectivity index (χ1n) is 8.61. The zero-order chi connectivity index (χ0) is 18.0. The maximum Gasteiger partial charge on any atom is 0.267 e. The quantitative estimate of drug-likeness (QED) is 0.857. The number of carbonyl (C=O) groups is 2. The van der Waals surface area contributed by atoms with E-state index in [0.717, 1.165) is 18.5 Å². The molecule has 2 aliphatic rings. The molecular weight excluding hydrogens is 320 g/mol. The van der Waals surface area contributed by atoms with Crippen LogP contribution in [0.5, 0.6) is 0 Å². The van der Waals surface area contributed by atoms with Crippen molar-refractivity contribution in [2.75, 3.05) is 5.01 Å². The van der Waals surface area contributed by atoms with E-state index in [2.05, 4.69) is 10.4 Å². The summed E-state index contributed by atoms with van der Waals surface area (Å²) in [6, 6.07) is 8.66. The minimum absolute atomic E-state index is 0.0479. The molecule has 1 aromatic rings. The van der Waals surface area contributed by atoms with Gasteiger partial charge in [-0.25, -0.2) is 0 Å². The zero-order valence-corrected chi connectivity index (χ0v) is 14.5. The lowest BCUT2D eigenvalue weighted by Crippen LogP contribution is -2.46. The van der Waals surface area contributed by atoms with Gasteiger partial charge in [0.1, 0.15) is 11.8 Å². The summed E-state index contributed by atoms with van der Waals surface area (Å²) >= 11 is 0. The minimum atomic E-state index is -0.643. The summed E-state index contributed by atoms with van der Waals surface area (Å²) in [5.74, 6) is -0.736. The van der Waals surface area contributed by atoms with Crippen molar-refractivity contribution >= 4 is 23.2 Å². The summed E-state index contributed by atoms with van der Waals surface area (Å²) in [6.07, 6.45) is 1.97. The van der Waals surface area contributed by atoms with E-state index >= 15 is 0 Å². The third-order valence-corrected chi connectivity index (χ3v) is 4.55. The number of rotatable bonds is 4. The molecule has 134 valence electrons. The van der Waals surface area contributed by atoms with Crippen LogP contribution in [0.1, 0.15) is 33.1 Å². The normalized spacial score (nSPS) is 29.2. The number of amides is 2. The smallest absolute Gasteiger partial charge is 0.267 e. The molecule has 2 heterocycles. The number of primary amides is 1. The molecule has 3 rings (SSSR count). The third kappa shape index (κ3) is 3.99. The van der Waals surface area contributed by atoms with Crippen LogP contribution in [0.25, 0.3) is 0 Å². The van der Waals surface area contributed by atoms with Gasteiger partial charge in [0.05, 0.1) is 17.9 Å². The third-order valence-electron chi connectivity index (χ3n) is 4.55. The molecule has 7 heteroatoms. The molecule has 0 bridgehead atoms. The number of hydrogen-bond donors (Lipinski definition) is 2. The molecule has 7 nitrogen and oxygen atoms in total. The van der Waals surface area contributed by atoms with Gasteiger partial charge in [-0.3, -0.25) is 14.6 Å². The fraction of sp³-hybridized carbons (Fsp3) is 0.500. The van der Waals surface area contributed by atoms with Gasteiger partial charge < -0.3 is 15.8 Å². The first-order chi connectivity index (χ1) is 11.9. The lowest BCUT2D eigenvalue weighted by molar-refractivity contribution is -0.119. The molecule has 1 fully saturated rings. The fourth-order valence-electron chi connectivity index (χ4n) is 3.48. The van der Waals surface area contributed by atoms with E-state index in [9.17, 15) is 9.59 Å². The van der Waals surface area contributed by atoms with Crippen LogP contribution < -0.4 is 16.1 Å². The average Bonchev–Trinajstić information content (AvgIpc) is 3.00. The Hall–Kier alpha value is -2.41. The molecule has 2 amide bonds. The number of ether oxygens (including phenoxy) is 1. The van der Waals surface area contributed by atoms with Gasteiger partial charge in [0.15, 0.2) is 0 Å². The van der Waals surface area contributed by atoms with Crippen LogP contribution in [0.4, 0.5) is 5.69 Å². The summed E-state index contributed by atoms with van der Waals surface area (Å²) in [5, 5.41) is 8.93. The van der Waals surface area contributed by atoms with Crippen molar-refractivity contribution in [3.05, 3.63) is 30.3 Å². The molecule has 1 saturated heterocycles. The van der Waals surface area contributed by atoms with E-state index in [1.165, 1.54) is 5.01 Å². The molecule has 3 N–H and O–H groups in total. The molecule has 0 saturated carbocycles. The monoisotopic (exact) mass is 344 g/mol.